The number of rotatable bonds is 27. The van der Waals surface area contributed by atoms with Gasteiger partial charge in [0.05, 0.1) is 31.3 Å². The minimum absolute atomic E-state index is 0.0167. The van der Waals surface area contributed by atoms with Crippen molar-refractivity contribution in [2.45, 2.75) is 173 Å². The summed E-state index contributed by atoms with van der Waals surface area (Å²) in [7, 11) is 0. The monoisotopic (exact) mass is 511 g/mol. The fourth-order valence-electron chi connectivity index (χ4n) is 4.63. The molecule has 0 aromatic heterocycles. The van der Waals surface area contributed by atoms with Crippen molar-refractivity contribution in [2.24, 2.45) is 0 Å². The second kappa shape index (κ2) is 27.1. The molecule has 0 rings (SSSR count). The third-order valence-electron chi connectivity index (χ3n) is 7.07. The van der Waals surface area contributed by atoms with Crippen LogP contribution in [0.15, 0.2) is 12.2 Å². The first-order valence-corrected chi connectivity index (χ1v) is 15.5. The quantitative estimate of drug-likeness (QED) is 0.0685. The van der Waals surface area contributed by atoms with E-state index in [1.807, 2.05) is 6.08 Å². The standard InChI is InChI=1S/C31H61NO4/c1-3-5-7-9-11-13-15-17-19-21-23-25-30(35)29(27-33)32-31(36)26-28(34)24-22-20-18-16-14-12-10-8-6-4-2/h23,25,28-30,33-35H,3-22,24,26-27H2,1-2H3,(H,32,36)/b25-23+. The van der Waals surface area contributed by atoms with E-state index in [0.29, 0.717) is 6.42 Å². The van der Waals surface area contributed by atoms with Gasteiger partial charge in [-0.3, -0.25) is 4.79 Å². The minimum atomic E-state index is -0.920. The van der Waals surface area contributed by atoms with E-state index in [2.05, 4.69) is 19.2 Å². The molecule has 36 heavy (non-hydrogen) atoms. The summed E-state index contributed by atoms with van der Waals surface area (Å²) in [6.45, 7) is 4.15. The van der Waals surface area contributed by atoms with E-state index < -0.39 is 18.2 Å². The molecule has 3 atom stereocenters. The lowest BCUT2D eigenvalue weighted by Gasteiger charge is -2.21. The van der Waals surface area contributed by atoms with E-state index in [4.69, 9.17) is 0 Å². The Hall–Kier alpha value is -0.910. The molecule has 214 valence electrons. The maximum absolute atomic E-state index is 12.3. The largest absolute Gasteiger partial charge is 0.394 e. The van der Waals surface area contributed by atoms with Crippen molar-refractivity contribution in [1.82, 2.24) is 5.32 Å². The van der Waals surface area contributed by atoms with Crippen molar-refractivity contribution in [1.29, 1.82) is 0 Å². The number of allylic oxidation sites excluding steroid dienone is 1. The molecule has 0 aliphatic heterocycles. The number of hydrogen-bond acceptors (Lipinski definition) is 4. The first-order chi connectivity index (χ1) is 17.5. The number of aliphatic hydroxyl groups excluding tert-OH is 3. The summed E-state index contributed by atoms with van der Waals surface area (Å²) in [5, 5.41) is 32.8. The number of hydrogen-bond donors (Lipinski definition) is 4. The summed E-state index contributed by atoms with van der Waals surface area (Å²) in [5.74, 6) is -0.319. The molecule has 0 fully saturated rings. The van der Waals surface area contributed by atoms with E-state index in [0.717, 1.165) is 25.7 Å². The van der Waals surface area contributed by atoms with Crippen LogP contribution >= 0.6 is 0 Å². The number of nitrogens with one attached hydrogen (secondary N) is 1. The van der Waals surface area contributed by atoms with Crippen molar-refractivity contribution >= 4 is 5.91 Å². The molecule has 1 amide bonds. The molecule has 0 saturated heterocycles. The molecule has 0 saturated carbocycles. The highest BCUT2D eigenvalue weighted by atomic mass is 16.3. The van der Waals surface area contributed by atoms with Gasteiger partial charge in [0.2, 0.25) is 5.91 Å². The number of carbonyl (C=O) groups is 1. The zero-order valence-electron chi connectivity index (χ0n) is 23.9. The molecule has 0 bridgehead atoms. The summed E-state index contributed by atoms with van der Waals surface area (Å²) in [6, 6.07) is -0.735. The average Bonchev–Trinajstić information content (AvgIpc) is 2.86. The molecule has 0 aliphatic rings. The van der Waals surface area contributed by atoms with Crippen LogP contribution in [-0.4, -0.2) is 46.1 Å². The van der Waals surface area contributed by atoms with Gasteiger partial charge >= 0.3 is 0 Å². The summed E-state index contributed by atoms with van der Waals surface area (Å²) in [4.78, 5) is 12.3. The van der Waals surface area contributed by atoms with Crippen LogP contribution in [0.25, 0.3) is 0 Å². The van der Waals surface area contributed by atoms with Crippen molar-refractivity contribution in [2.75, 3.05) is 6.61 Å². The Bertz CT molecular complexity index is 497. The lowest BCUT2D eigenvalue weighted by Crippen LogP contribution is -2.45. The summed E-state index contributed by atoms with van der Waals surface area (Å²) in [6.07, 6.45) is 27.6. The molecule has 0 aliphatic carbocycles. The van der Waals surface area contributed by atoms with Gasteiger partial charge in [0, 0.05) is 0 Å². The number of aliphatic hydroxyl groups is 3. The second-order valence-electron chi connectivity index (χ2n) is 10.7. The van der Waals surface area contributed by atoms with E-state index in [9.17, 15) is 20.1 Å². The second-order valence-corrected chi connectivity index (χ2v) is 10.7. The molecule has 4 N–H and O–H groups in total. The first-order valence-electron chi connectivity index (χ1n) is 15.5. The van der Waals surface area contributed by atoms with Crippen LogP contribution < -0.4 is 5.32 Å². The van der Waals surface area contributed by atoms with Crippen LogP contribution in [0.1, 0.15) is 155 Å². The third kappa shape index (κ3) is 23.5. The van der Waals surface area contributed by atoms with Gasteiger partial charge in [-0.25, -0.2) is 0 Å². The molecule has 3 unspecified atom stereocenters. The van der Waals surface area contributed by atoms with Crippen molar-refractivity contribution in [3.63, 3.8) is 0 Å². The van der Waals surface area contributed by atoms with Crippen molar-refractivity contribution < 1.29 is 20.1 Å². The molecular weight excluding hydrogens is 450 g/mol. The number of amides is 1. The summed E-state index contributed by atoms with van der Waals surface area (Å²) >= 11 is 0. The lowest BCUT2D eigenvalue weighted by atomic mass is 10.0. The van der Waals surface area contributed by atoms with Gasteiger partial charge < -0.3 is 20.6 Å². The summed E-state index contributed by atoms with van der Waals surface area (Å²) < 4.78 is 0. The Morgan fingerprint density at radius 1 is 0.694 bits per heavy atom. The molecule has 0 radical (unpaired) electrons. The normalized spacial score (nSPS) is 14.2. The van der Waals surface area contributed by atoms with Gasteiger partial charge in [-0.2, -0.15) is 0 Å². The maximum atomic E-state index is 12.3. The Kier molecular flexibility index (Phi) is 26.4. The van der Waals surface area contributed by atoms with Gasteiger partial charge in [-0.15, -0.1) is 0 Å². The fraction of sp³-hybridized carbons (Fsp3) is 0.903. The number of unbranched alkanes of at least 4 members (excludes halogenated alkanes) is 18. The summed E-state index contributed by atoms with van der Waals surface area (Å²) in [5.41, 5.74) is 0. The zero-order chi connectivity index (χ0) is 26.7. The van der Waals surface area contributed by atoms with Crippen LogP contribution in [0.2, 0.25) is 0 Å². The molecule has 5 nitrogen and oxygen atoms in total. The average molecular weight is 512 g/mol. The van der Waals surface area contributed by atoms with Gasteiger partial charge in [0.1, 0.15) is 0 Å². The Morgan fingerprint density at radius 2 is 1.14 bits per heavy atom. The van der Waals surface area contributed by atoms with Gasteiger partial charge in [-0.05, 0) is 19.3 Å². The van der Waals surface area contributed by atoms with Crippen LogP contribution in [0.4, 0.5) is 0 Å². The Balaban J connectivity index is 3.82. The Morgan fingerprint density at radius 3 is 1.61 bits per heavy atom. The third-order valence-corrected chi connectivity index (χ3v) is 7.07. The van der Waals surface area contributed by atoms with Crippen LogP contribution in [0.5, 0.6) is 0 Å². The Labute approximate surface area is 223 Å². The predicted molar refractivity (Wildman–Crippen MR) is 153 cm³/mol. The molecular formula is C31H61NO4. The molecule has 5 heteroatoms. The van der Waals surface area contributed by atoms with Crippen molar-refractivity contribution in [3.8, 4) is 0 Å². The molecule has 0 aromatic rings. The highest BCUT2D eigenvalue weighted by Crippen LogP contribution is 2.13. The molecule has 0 heterocycles. The first kappa shape index (κ1) is 35.1. The maximum Gasteiger partial charge on any atom is 0.222 e. The lowest BCUT2D eigenvalue weighted by molar-refractivity contribution is -0.124. The molecule has 0 aromatic carbocycles. The van der Waals surface area contributed by atoms with Gasteiger partial charge in [0.25, 0.3) is 0 Å². The zero-order valence-corrected chi connectivity index (χ0v) is 23.9. The fourth-order valence-corrected chi connectivity index (χ4v) is 4.63. The number of carbonyl (C=O) groups excluding carboxylic acids is 1. The van der Waals surface area contributed by atoms with Crippen LogP contribution in [0, 0.1) is 0 Å². The highest BCUT2D eigenvalue weighted by molar-refractivity contribution is 5.76. The van der Waals surface area contributed by atoms with E-state index in [-0.39, 0.29) is 18.9 Å². The predicted octanol–water partition coefficient (Wildman–Crippen LogP) is 7.36. The minimum Gasteiger partial charge on any atom is -0.394 e. The van der Waals surface area contributed by atoms with Gasteiger partial charge in [0.15, 0.2) is 0 Å². The van der Waals surface area contributed by atoms with E-state index in [1.54, 1.807) is 6.08 Å². The SMILES string of the molecule is CCCCCCCCCCC/C=C/C(O)C(CO)NC(=O)CC(O)CCCCCCCCCCCC. The molecule has 0 spiro atoms. The highest BCUT2D eigenvalue weighted by Gasteiger charge is 2.20. The van der Waals surface area contributed by atoms with E-state index >= 15 is 0 Å². The van der Waals surface area contributed by atoms with Crippen molar-refractivity contribution in [3.05, 3.63) is 12.2 Å². The van der Waals surface area contributed by atoms with Crippen LogP contribution in [-0.2, 0) is 4.79 Å². The van der Waals surface area contributed by atoms with Gasteiger partial charge in [-0.1, -0.05) is 142 Å². The smallest absolute Gasteiger partial charge is 0.222 e. The topological polar surface area (TPSA) is 89.8 Å². The van der Waals surface area contributed by atoms with Crippen LogP contribution in [0.3, 0.4) is 0 Å². The van der Waals surface area contributed by atoms with E-state index in [1.165, 1.54) is 103 Å².